The Morgan fingerprint density at radius 2 is 1.68 bits per heavy atom. The first kappa shape index (κ1) is 26.5. The van der Waals surface area contributed by atoms with Crippen molar-refractivity contribution in [3.63, 3.8) is 0 Å². The molecule has 2 aromatic rings. The number of hydrogen-bond acceptors (Lipinski definition) is 8. The van der Waals surface area contributed by atoms with Crippen molar-refractivity contribution in [2.24, 2.45) is 5.10 Å². The zero-order valence-electron chi connectivity index (χ0n) is 18.8. The molecule has 0 aromatic heterocycles. The lowest BCUT2D eigenvalue weighted by Crippen LogP contribution is -2.37. The first-order valence-electron chi connectivity index (χ1n) is 10.4. The van der Waals surface area contributed by atoms with Crippen LogP contribution in [-0.2, 0) is 19.1 Å². The van der Waals surface area contributed by atoms with Crippen LogP contribution in [0.5, 0.6) is 17.2 Å². The highest BCUT2D eigenvalue weighted by Gasteiger charge is 2.10. The van der Waals surface area contributed by atoms with Gasteiger partial charge in [0.25, 0.3) is 11.8 Å². The molecule has 0 unspecified atom stereocenters. The Kier molecular flexibility index (Phi) is 11.2. The van der Waals surface area contributed by atoms with Crippen LogP contribution in [-0.4, -0.2) is 57.0 Å². The number of nitrogens with one attached hydrogen (secondary N) is 2. The van der Waals surface area contributed by atoms with Gasteiger partial charge in [0.2, 0.25) is 0 Å². The lowest BCUT2D eigenvalue weighted by atomic mass is 10.2. The molecule has 34 heavy (non-hydrogen) atoms. The van der Waals surface area contributed by atoms with E-state index < -0.39 is 17.8 Å². The average Bonchev–Trinajstić information content (AvgIpc) is 2.82. The summed E-state index contributed by atoms with van der Waals surface area (Å²) in [5.41, 5.74) is 2.93. The fraction of sp³-hybridized carbons (Fsp3) is 0.304. The summed E-state index contributed by atoms with van der Waals surface area (Å²) in [5.74, 6) is -0.343. The maximum absolute atomic E-state index is 11.9. The number of amides is 2. The average molecular weight is 492 g/mol. The van der Waals surface area contributed by atoms with Crippen molar-refractivity contribution in [3.05, 3.63) is 53.1 Å². The molecular formula is C23H26ClN3O7. The predicted molar refractivity (Wildman–Crippen MR) is 125 cm³/mol. The van der Waals surface area contributed by atoms with E-state index >= 15 is 0 Å². The fourth-order valence-corrected chi connectivity index (χ4v) is 2.68. The van der Waals surface area contributed by atoms with Crippen LogP contribution in [0.2, 0.25) is 5.02 Å². The number of benzene rings is 2. The molecule has 0 bridgehead atoms. The number of ether oxygens (including phenoxy) is 4. The summed E-state index contributed by atoms with van der Waals surface area (Å²) in [6.07, 6.45) is 1.40. The summed E-state index contributed by atoms with van der Waals surface area (Å²) in [6.45, 7) is 3.35. The minimum Gasteiger partial charge on any atom is -0.490 e. The van der Waals surface area contributed by atoms with Gasteiger partial charge in [-0.05, 0) is 49.7 Å². The molecule has 0 spiro atoms. The Morgan fingerprint density at radius 3 is 2.41 bits per heavy atom. The molecule has 11 heteroatoms. The van der Waals surface area contributed by atoms with E-state index in [0.717, 1.165) is 0 Å². The molecular weight excluding hydrogens is 466 g/mol. The largest absolute Gasteiger partial charge is 0.490 e. The number of carbonyl (C=O) groups is 3. The Bertz CT molecular complexity index is 1010. The first-order chi connectivity index (χ1) is 16.4. The van der Waals surface area contributed by atoms with Crippen LogP contribution in [0.25, 0.3) is 0 Å². The molecule has 0 fully saturated rings. The van der Waals surface area contributed by atoms with E-state index in [0.29, 0.717) is 34.4 Å². The van der Waals surface area contributed by atoms with E-state index in [-0.39, 0.29) is 26.4 Å². The summed E-state index contributed by atoms with van der Waals surface area (Å²) >= 11 is 5.95. The van der Waals surface area contributed by atoms with Gasteiger partial charge in [0.1, 0.15) is 5.75 Å². The van der Waals surface area contributed by atoms with Gasteiger partial charge in [0, 0.05) is 0 Å². The van der Waals surface area contributed by atoms with E-state index in [1.807, 2.05) is 6.92 Å². The Labute approximate surface area is 202 Å². The second kappa shape index (κ2) is 14.4. The van der Waals surface area contributed by atoms with Crippen molar-refractivity contribution in [2.45, 2.75) is 13.8 Å². The molecule has 2 N–H and O–H groups in total. The van der Waals surface area contributed by atoms with Gasteiger partial charge >= 0.3 is 5.97 Å². The summed E-state index contributed by atoms with van der Waals surface area (Å²) in [7, 11) is 0. The Hall–Kier alpha value is -3.79. The third kappa shape index (κ3) is 9.37. The maximum atomic E-state index is 11.9. The monoisotopic (exact) mass is 491 g/mol. The molecule has 0 aliphatic heterocycles. The molecule has 0 aliphatic carbocycles. The van der Waals surface area contributed by atoms with Gasteiger partial charge < -0.3 is 24.3 Å². The Balaban J connectivity index is 1.80. The zero-order chi connectivity index (χ0) is 24.8. The number of carbonyl (C=O) groups excluding carboxylic acids is 3. The fourth-order valence-electron chi connectivity index (χ4n) is 2.49. The lowest BCUT2D eigenvalue weighted by molar-refractivity contribution is -0.145. The van der Waals surface area contributed by atoms with Crippen molar-refractivity contribution in [2.75, 3.05) is 33.0 Å². The summed E-state index contributed by atoms with van der Waals surface area (Å²) < 4.78 is 21.1. The Morgan fingerprint density at radius 1 is 0.912 bits per heavy atom. The zero-order valence-corrected chi connectivity index (χ0v) is 19.6. The number of esters is 1. The number of hydrazone groups is 1. The van der Waals surface area contributed by atoms with Crippen molar-refractivity contribution in [3.8, 4) is 17.2 Å². The second-order valence-electron chi connectivity index (χ2n) is 6.52. The van der Waals surface area contributed by atoms with Gasteiger partial charge in [0.05, 0.1) is 31.0 Å². The van der Waals surface area contributed by atoms with Gasteiger partial charge in [-0.2, -0.15) is 5.10 Å². The third-order valence-corrected chi connectivity index (χ3v) is 4.28. The van der Waals surface area contributed by atoms with Crippen LogP contribution < -0.4 is 25.0 Å². The van der Waals surface area contributed by atoms with Crippen molar-refractivity contribution < 1.29 is 33.3 Å². The van der Waals surface area contributed by atoms with Crippen LogP contribution in [0.15, 0.2) is 47.6 Å². The molecule has 2 aromatic carbocycles. The highest BCUT2D eigenvalue weighted by atomic mass is 35.5. The van der Waals surface area contributed by atoms with Crippen molar-refractivity contribution in [1.82, 2.24) is 10.7 Å². The standard InChI is InChI=1S/C23H26ClN3O7/c1-3-31-20-11-16(9-10-19(20)34-15-23(30)32-4-2)12-26-27-21(28)13-25-22(29)14-33-18-8-6-5-7-17(18)24/h5-12H,3-4,13-15H2,1-2H3,(H,25,29)(H,27,28)/b26-12-. The van der Waals surface area contributed by atoms with Crippen molar-refractivity contribution >= 4 is 35.6 Å². The molecule has 2 rings (SSSR count). The van der Waals surface area contributed by atoms with E-state index in [2.05, 4.69) is 15.8 Å². The number of hydrogen-bond donors (Lipinski definition) is 2. The topological polar surface area (TPSA) is 125 Å². The van der Waals surface area contributed by atoms with Crippen LogP contribution >= 0.6 is 11.6 Å². The molecule has 2 amide bonds. The van der Waals surface area contributed by atoms with E-state index in [1.54, 1.807) is 49.4 Å². The minimum absolute atomic E-state index is 0.243. The third-order valence-electron chi connectivity index (χ3n) is 3.96. The smallest absolute Gasteiger partial charge is 0.344 e. The number of rotatable bonds is 13. The summed E-state index contributed by atoms with van der Waals surface area (Å²) in [5, 5.41) is 6.66. The molecule has 0 heterocycles. The lowest BCUT2D eigenvalue weighted by Gasteiger charge is -2.12. The van der Waals surface area contributed by atoms with Gasteiger partial charge in [-0.1, -0.05) is 23.7 Å². The maximum Gasteiger partial charge on any atom is 0.344 e. The van der Waals surface area contributed by atoms with Gasteiger partial charge in [-0.15, -0.1) is 0 Å². The summed E-state index contributed by atoms with van der Waals surface area (Å²) in [6, 6.07) is 11.7. The van der Waals surface area contributed by atoms with Gasteiger partial charge in [-0.3, -0.25) is 9.59 Å². The first-order valence-corrected chi connectivity index (χ1v) is 10.8. The highest BCUT2D eigenvalue weighted by Crippen LogP contribution is 2.28. The van der Waals surface area contributed by atoms with E-state index in [1.165, 1.54) is 6.21 Å². The second-order valence-corrected chi connectivity index (χ2v) is 6.93. The summed E-state index contributed by atoms with van der Waals surface area (Å²) in [4.78, 5) is 35.2. The molecule has 10 nitrogen and oxygen atoms in total. The molecule has 0 aliphatic rings. The van der Waals surface area contributed by atoms with E-state index in [9.17, 15) is 14.4 Å². The molecule has 0 radical (unpaired) electrons. The van der Waals surface area contributed by atoms with Crippen LogP contribution in [0, 0.1) is 0 Å². The molecule has 0 saturated carbocycles. The van der Waals surface area contributed by atoms with Crippen LogP contribution in [0.3, 0.4) is 0 Å². The van der Waals surface area contributed by atoms with Crippen molar-refractivity contribution in [1.29, 1.82) is 0 Å². The van der Waals surface area contributed by atoms with Crippen LogP contribution in [0.1, 0.15) is 19.4 Å². The van der Waals surface area contributed by atoms with Gasteiger partial charge in [-0.25, -0.2) is 10.2 Å². The number of para-hydroxylation sites is 1. The minimum atomic E-state index is -0.526. The molecule has 0 atom stereocenters. The number of halogens is 1. The van der Waals surface area contributed by atoms with Crippen LogP contribution in [0.4, 0.5) is 0 Å². The normalized spacial score (nSPS) is 10.4. The van der Waals surface area contributed by atoms with Gasteiger partial charge in [0.15, 0.2) is 24.7 Å². The molecule has 182 valence electrons. The predicted octanol–water partition coefficient (Wildman–Crippen LogP) is 2.33. The number of nitrogens with zero attached hydrogens (tertiary/aromatic N) is 1. The quantitative estimate of drug-likeness (QED) is 0.250. The van der Waals surface area contributed by atoms with E-state index in [4.69, 9.17) is 30.5 Å². The molecule has 0 saturated heterocycles. The highest BCUT2D eigenvalue weighted by molar-refractivity contribution is 6.32. The SMILES string of the molecule is CCOC(=O)COc1ccc(/C=N\NC(=O)CNC(=O)COc2ccccc2Cl)cc1OCC.